The fourth-order valence-electron chi connectivity index (χ4n) is 3.24. The summed E-state index contributed by atoms with van der Waals surface area (Å²) in [7, 11) is 1.89. The van der Waals surface area contributed by atoms with Crippen molar-refractivity contribution in [2.75, 3.05) is 18.9 Å². The number of anilines is 1. The number of carbonyl (C=O) groups excluding carboxylic acids is 1. The Bertz CT molecular complexity index is 735. The molecule has 1 aliphatic heterocycles. The molecule has 0 radical (unpaired) electrons. The molecule has 25 heavy (non-hydrogen) atoms. The van der Waals surface area contributed by atoms with Gasteiger partial charge in [0.15, 0.2) is 0 Å². The minimum atomic E-state index is -0.0640. The van der Waals surface area contributed by atoms with E-state index in [4.69, 9.17) is 4.98 Å². The summed E-state index contributed by atoms with van der Waals surface area (Å²) in [5, 5.41) is 5.93. The second-order valence-corrected chi connectivity index (χ2v) is 6.23. The second-order valence-electron chi connectivity index (χ2n) is 6.23. The third-order valence-corrected chi connectivity index (χ3v) is 4.43. The molecule has 0 bridgehead atoms. The number of amides is 1. The van der Waals surface area contributed by atoms with E-state index in [2.05, 4.69) is 31.6 Å². The molecule has 7 nitrogen and oxygen atoms in total. The van der Waals surface area contributed by atoms with E-state index in [0.717, 1.165) is 43.1 Å². The van der Waals surface area contributed by atoms with Crippen molar-refractivity contribution in [3.05, 3.63) is 47.7 Å². The molecule has 1 saturated heterocycles. The molecule has 0 saturated carbocycles. The van der Waals surface area contributed by atoms with Crippen molar-refractivity contribution in [3.8, 4) is 0 Å². The van der Waals surface area contributed by atoms with Crippen LogP contribution in [-0.2, 0) is 17.9 Å². The Balaban J connectivity index is 1.75. The Kier molecular flexibility index (Phi) is 5.55. The van der Waals surface area contributed by atoms with Crippen LogP contribution in [0.25, 0.3) is 0 Å². The van der Waals surface area contributed by atoms with Gasteiger partial charge >= 0.3 is 0 Å². The van der Waals surface area contributed by atoms with Crippen LogP contribution in [0, 0.1) is 0 Å². The van der Waals surface area contributed by atoms with Crippen LogP contribution < -0.4 is 10.6 Å². The molecule has 2 aromatic heterocycles. The van der Waals surface area contributed by atoms with Gasteiger partial charge in [-0.05, 0) is 25.5 Å². The van der Waals surface area contributed by atoms with Crippen molar-refractivity contribution < 1.29 is 4.79 Å². The van der Waals surface area contributed by atoms with Crippen LogP contribution in [-0.4, -0.2) is 39.4 Å². The predicted octanol–water partition coefficient (Wildman–Crippen LogP) is 1.89. The minimum absolute atomic E-state index is 0.0640. The molecular formula is C18H24N6O. The summed E-state index contributed by atoms with van der Waals surface area (Å²) in [6.45, 7) is 3.77. The summed E-state index contributed by atoms with van der Waals surface area (Å²) >= 11 is 0. The minimum Gasteiger partial charge on any atom is -0.373 e. The molecule has 0 aromatic carbocycles. The maximum absolute atomic E-state index is 11.1. The average Bonchev–Trinajstić information content (AvgIpc) is 3.09. The Morgan fingerprint density at radius 3 is 3.08 bits per heavy atom. The molecule has 1 fully saturated rings. The van der Waals surface area contributed by atoms with Crippen molar-refractivity contribution in [2.45, 2.75) is 38.9 Å². The van der Waals surface area contributed by atoms with Gasteiger partial charge in [-0.3, -0.25) is 19.7 Å². The van der Waals surface area contributed by atoms with Crippen LogP contribution in [0.5, 0.6) is 0 Å². The number of hydrogen-bond acceptors (Lipinski definition) is 6. The van der Waals surface area contributed by atoms with Gasteiger partial charge in [0.1, 0.15) is 5.82 Å². The molecule has 132 valence electrons. The second kappa shape index (κ2) is 8.02. The largest absolute Gasteiger partial charge is 0.373 e. The number of rotatable bonds is 6. The first-order chi connectivity index (χ1) is 12.2. The monoisotopic (exact) mass is 340 g/mol. The normalized spacial score (nSPS) is 17.4. The van der Waals surface area contributed by atoms with Crippen molar-refractivity contribution in [1.29, 1.82) is 0 Å². The number of carbonyl (C=O) groups is 1. The van der Waals surface area contributed by atoms with Gasteiger partial charge in [-0.1, -0.05) is 6.07 Å². The first-order valence-corrected chi connectivity index (χ1v) is 8.58. The van der Waals surface area contributed by atoms with E-state index >= 15 is 0 Å². The lowest BCUT2D eigenvalue weighted by Crippen LogP contribution is -2.25. The van der Waals surface area contributed by atoms with Gasteiger partial charge in [0.25, 0.3) is 0 Å². The molecule has 3 heterocycles. The van der Waals surface area contributed by atoms with Crippen LogP contribution in [0.1, 0.15) is 42.8 Å². The van der Waals surface area contributed by atoms with Crippen LogP contribution in [0.3, 0.4) is 0 Å². The van der Waals surface area contributed by atoms with E-state index in [1.165, 1.54) is 12.5 Å². The molecule has 3 rings (SSSR count). The van der Waals surface area contributed by atoms with Crippen molar-refractivity contribution in [3.63, 3.8) is 0 Å². The van der Waals surface area contributed by atoms with E-state index in [-0.39, 0.29) is 11.9 Å². The topological polar surface area (TPSA) is 83.0 Å². The molecule has 0 spiro atoms. The zero-order valence-corrected chi connectivity index (χ0v) is 14.7. The summed E-state index contributed by atoms with van der Waals surface area (Å²) in [6.07, 6.45) is 7.54. The molecule has 1 atom stereocenters. The number of aromatic nitrogens is 3. The third-order valence-electron chi connectivity index (χ3n) is 4.43. The van der Waals surface area contributed by atoms with E-state index in [1.807, 2.05) is 19.3 Å². The average molecular weight is 340 g/mol. The highest BCUT2D eigenvalue weighted by Crippen LogP contribution is 2.32. The van der Waals surface area contributed by atoms with Crippen molar-refractivity contribution in [1.82, 2.24) is 25.2 Å². The predicted molar refractivity (Wildman–Crippen MR) is 95.7 cm³/mol. The Hall–Kier alpha value is -2.54. The molecule has 2 N–H and O–H groups in total. The summed E-state index contributed by atoms with van der Waals surface area (Å²) in [5.41, 5.74) is 2.94. The first kappa shape index (κ1) is 17.3. The van der Waals surface area contributed by atoms with E-state index in [9.17, 15) is 4.79 Å². The molecule has 1 amide bonds. The Morgan fingerprint density at radius 2 is 2.28 bits per heavy atom. The van der Waals surface area contributed by atoms with Gasteiger partial charge in [-0.2, -0.15) is 0 Å². The lowest BCUT2D eigenvalue weighted by molar-refractivity contribution is -0.119. The maximum Gasteiger partial charge on any atom is 0.217 e. The number of hydrogen-bond donors (Lipinski definition) is 2. The first-order valence-electron chi connectivity index (χ1n) is 8.58. The van der Waals surface area contributed by atoms with E-state index in [1.54, 1.807) is 12.4 Å². The van der Waals surface area contributed by atoms with Gasteiger partial charge in [0, 0.05) is 32.3 Å². The summed E-state index contributed by atoms with van der Waals surface area (Å²) in [4.78, 5) is 26.9. The van der Waals surface area contributed by atoms with Crippen LogP contribution >= 0.6 is 0 Å². The highest BCUT2D eigenvalue weighted by atomic mass is 16.1. The van der Waals surface area contributed by atoms with Crippen molar-refractivity contribution in [2.24, 2.45) is 0 Å². The summed E-state index contributed by atoms with van der Waals surface area (Å²) < 4.78 is 0. The quantitative estimate of drug-likeness (QED) is 0.835. The van der Waals surface area contributed by atoms with Gasteiger partial charge in [-0.15, -0.1) is 0 Å². The van der Waals surface area contributed by atoms with Gasteiger partial charge in [0.2, 0.25) is 5.91 Å². The molecule has 2 aromatic rings. The fourth-order valence-corrected chi connectivity index (χ4v) is 3.24. The molecule has 1 aliphatic rings. The highest BCUT2D eigenvalue weighted by Gasteiger charge is 2.28. The molecule has 0 aliphatic carbocycles. The molecular weight excluding hydrogens is 316 g/mol. The van der Waals surface area contributed by atoms with Crippen molar-refractivity contribution >= 4 is 11.7 Å². The van der Waals surface area contributed by atoms with Gasteiger partial charge in [0.05, 0.1) is 36.4 Å². The number of pyridine rings is 1. The Morgan fingerprint density at radius 1 is 1.40 bits per heavy atom. The lowest BCUT2D eigenvalue weighted by atomic mass is 10.1. The van der Waals surface area contributed by atoms with E-state index in [0.29, 0.717) is 6.54 Å². The van der Waals surface area contributed by atoms with Crippen LogP contribution in [0.15, 0.2) is 30.7 Å². The Labute approximate surface area is 147 Å². The molecule has 0 unspecified atom stereocenters. The number of nitrogens with zero attached hydrogens (tertiary/aromatic N) is 4. The highest BCUT2D eigenvalue weighted by molar-refractivity contribution is 5.72. The zero-order valence-electron chi connectivity index (χ0n) is 14.7. The van der Waals surface area contributed by atoms with Crippen LogP contribution in [0.4, 0.5) is 5.82 Å². The standard InChI is InChI=1S/C18H24N6O/c1-13(25)22-10-15-9-20-11-16(23-15)17-6-4-8-24(17)12-14-5-3-7-21-18(14)19-2/h3,5,7,9,11,17H,4,6,8,10,12H2,1-2H3,(H,19,21)(H,22,25)/t17-/m1/s1. The van der Waals surface area contributed by atoms with Gasteiger partial charge < -0.3 is 10.6 Å². The summed E-state index contributed by atoms with van der Waals surface area (Å²) in [5.74, 6) is 0.851. The third kappa shape index (κ3) is 4.30. The summed E-state index contributed by atoms with van der Waals surface area (Å²) in [6, 6.07) is 4.32. The number of likely N-dealkylation sites (tertiary alicyclic amines) is 1. The lowest BCUT2D eigenvalue weighted by Gasteiger charge is -2.25. The zero-order chi connectivity index (χ0) is 17.6. The maximum atomic E-state index is 11.1. The van der Waals surface area contributed by atoms with Crippen LogP contribution in [0.2, 0.25) is 0 Å². The number of nitrogens with one attached hydrogen (secondary N) is 2. The fraction of sp³-hybridized carbons (Fsp3) is 0.444. The SMILES string of the molecule is CNc1ncccc1CN1CCC[C@@H]1c1cncc(CNC(C)=O)n1. The smallest absolute Gasteiger partial charge is 0.217 e. The van der Waals surface area contributed by atoms with Gasteiger partial charge in [-0.25, -0.2) is 4.98 Å². The molecule has 7 heteroatoms. The van der Waals surface area contributed by atoms with E-state index < -0.39 is 0 Å².